The molecule has 0 bridgehead atoms. The minimum absolute atomic E-state index is 0.0503. The van der Waals surface area contributed by atoms with Crippen molar-refractivity contribution in [1.82, 2.24) is 14.8 Å². The summed E-state index contributed by atoms with van der Waals surface area (Å²) >= 11 is 1.61. The molecule has 3 rings (SSSR count). The number of carbonyl (C=O) groups is 2. The molecule has 124 valence electrons. The smallest absolute Gasteiger partial charge is 0.338 e. The molecule has 0 aliphatic rings. The topological polar surface area (TPSA) is 97.1 Å². The SMILES string of the molecule is CC(C)c1nc2ccc(NC(=O)Cn3cc(C(=O)O)cn3)cc2s1. The van der Waals surface area contributed by atoms with Crippen molar-refractivity contribution >= 4 is 39.1 Å². The Balaban J connectivity index is 1.71. The molecule has 0 aliphatic heterocycles. The quantitative estimate of drug-likeness (QED) is 0.741. The molecule has 0 spiro atoms. The largest absolute Gasteiger partial charge is 0.478 e. The molecule has 0 saturated heterocycles. The number of nitrogens with one attached hydrogen (secondary N) is 1. The molecular formula is C16H16N4O3S. The first-order valence-electron chi connectivity index (χ1n) is 7.38. The van der Waals surface area contributed by atoms with E-state index in [-0.39, 0.29) is 18.0 Å². The number of aromatic nitrogens is 3. The maximum Gasteiger partial charge on any atom is 0.338 e. The van der Waals surface area contributed by atoms with Crippen LogP contribution in [0.15, 0.2) is 30.6 Å². The zero-order valence-corrected chi connectivity index (χ0v) is 14.0. The summed E-state index contributed by atoms with van der Waals surface area (Å²) in [4.78, 5) is 27.4. The Labute approximate surface area is 141 Å². The first-order chi connectivity index (χ1) is 11.4. The van der Waals surface area contributed by atoms with Crippen molar-refractivity contribution in [3.8, 4) is 0 Å². The molecule has 3 aromatic rings. The van der Waals surface area contributed by atoms with Gasteiger partial charge in [-0.1, -0.05) is 13.8 Å². The summed E-state index contributed by atoms with van der Waals surface area (Å²) < 4.78 is 2.31. The average Bonchev–Trinajstić information content (AvgIpc) is 3.13. The van der Waals surface area contributed by atoms with Crippen LogP contribution in [0.2, 0.25) is 0 Å². The summed E-state index contributed by atoms with van der Waals surface area (Å²) in [7, 11) is 0. The summed E-state index contributed by atoms with van der Waals surface area (Å²) in [6.45, 7) is 4.14. The van der Waals surface area contributed by atoms with Crippen LogP contribution in [0.3, 0.4) is 0 Å². The van der Waals surface area contributed by atoms with E-state index in [9.17, 15) is 9.59 Å². The Morgan fingerprint density at radius 1 is 1.38 bits per heavy atom. The molecule has 0 aliphatic carbocycles. The molecule has 0 radical (unpaired) electrons. The first-order valence-corrected chi connectivity index (χ1v) is 8.20. The van der Waals surface area contributed by atoms with Crippen molar-refractivity contribution < 1.29 is 14.7 Å². The van der Waals surface area contributed by atoms with E-state index < -0.39 is 5.97 Å². The van der Waals surface area contributed by atoms with Crippen LogP contribution in [0, 0.1) is 0 Å². The highest BCUT2D eigenvalue weighted by molar-refractivity contribution is 7.18. The van der Waals surface area contributed by atoms with E-state index >= 15 is 0 Å². The fourth-order valence-corrected chi connectivity index (χ4v) is 3.18. The van der Waals surface area contributed by atoms with Crippen LogP contribution in [0.4, 0.5) is 5.69 Å². The molecule has 0 unspecified atom stereocenters. The van der Waals surface area contributed by atoms with Gasteiger partial charge in [0.25, 0.3) is 0 Å². The van der Waals surface area contributed by atoms with Crippen molar-refractivity contribution in [2.45, 2.75) is 26.3 Å². The molecule has 0 atom stereocenters. The lowest BCUT2D eigenvalue weighted by Crippen LogP contribution is -2.19. The van der Waals surface area contributed by atoms with Crippen molar-refractivity contribution in [3.05, 3.63) is 41.2 Å². The van der Waals surface area contributed by atoms with E-state index in [1.807, 2.05) is 12.1 Å². The van der Waals surface area contributed by atoms with E-state index in [0.717, 1.165) is 15.2 Å². The number of fused-ring (bicyclic) bond motifs is 1. The van der Waals surface area contributed by atoms with Crippen LogP contribution in [-0.2, 0) is 11.3 Å². The van der Waals surface area contributed by atoms with Gasteiger partial charge in [0, 0.05) is 17.8 Å². The van der Waals surface area contributed by atoms with Gasteiger partial charge in [0.15, 0.2) is 0 Å². The predicted octanol–water partition coefficient (Wildman–Crippen LogP) is 2.95. The van der Waals surface area contributed by atoms with Gasteiger partial charge in [-0.2, -0.15) is 5.10 Å². The number of thiazole rings is 1. The Morgan fingerprint density at radius 3 is 2.83 bits per heavy atom. The Morgan fingerprint density at radius 2 is 2.17 bits per heavy atom. The molecule has 2 aromatic heterocycles. The van der Waals surface area contributed by atoms with Crippen molar-refractivity contribution in [1.29, 1.82) is 0 Å². The number of hydrogen-bond donors (Lipinski definition) is 2. The molecule has 24 heavy (non-hydrogen) atoms. The molecule has 8 heteroatoms. The minimum atomic E-state index is -1.07. The van der Waals surface area contributed by atoms with Gasteiger partial charge in [0.2, 0.25) is 5.91 Å². The summed E-state index contributed by atoms with van der Waals surface area (Å²) in [6.07, 6.45) is 2.54. The molecule has 2 N–H and O–H groups in total. The lowest BCUT2D eigenvalue weighted by molar-refractivity contribution is -0.116. The van der Waals surface area contributed by atoms with Crippen LogP contribution in [-0.4, -0.2) is 31.7 Å². The highest BCUT2D eigenvalue weighted by atomic mass is 32.1. The number of carbonyl (C=O) groups excluding carboxylic acids is 1. The number of nitrogens with zero attached hydrogens (tertiary/aromatic N) is 3. The summed E-state index contributed by atoms with van der Waals surface area (Å²) in [5.74, 6) is -0.982. The van der Waals surface area contributed by atoms with Crippen LogP contribution in [0.25, 0.3) is 10.2 Å². The Kier molecular flexibility index (Phi) is 4.30. The van der Waals surface area contributed by atoms with Crippen molar-refractivity contribution in [2.75, 3.05) is 5.32 Å². The summed E-state index contributed by atoms with van der Waals surface area (Å²) in [5, 5.41) is 16.6. The number of carboxylic acids is 1. The molecule has 0 saturated carbocycles. The van der Waals surface area contributed by atoms with Crippen LogP contribution in [0.1, 0.15) is 35.1 Å². The predicted molar refractivity (Wildman–Crippen MR) is 91.5 cm³/mol. The third-order valence-corrected chi connectivity index (χ3v) is 4.69. The number of hydrogen-bond acceptors (Lipinski definition) is 5. The monoisotopic (exact) mass is 344 g/mol. The second kappa shape index (κ2) is 6.40. The maximum atomic E-state index is 12.1. The molecule has 2 heterocycles. The molecule has 1 aromatic carbocycles. The van der Waals surface area contributed by atoms with Crippen LogP contribution >= 0.6 is 11.3 Å². The Hall–Kier alpha value is -2.74. The second-order valence-electron chi connectivity index (χ2n) is 5.67. The van der Waals surface area contributed by atoms with Gasteiger partial charge >= 0.3 is 5.97 Å². The lowest BCUT2D eigenvalue weighted by Gasteiger charge is -2.05. The third-order valence-electron chi connectivity index (χ3n) is 3.37. The Bertz CT molecular complexity index is 913. The van der Waals surface area contributed by atoms with E-state index in [4.69, 9.17) is 5.11 Å². The summed E-state index contributed by atoms with van der Waals surface area (Å²) in [5.41, 5.74) is 1.65. The molecule has 0 fully saturated rings. The zero-order chi connectivity index (χ0) is 17.3. The second-order valence-corrected chi connectivity index (χ2v) is 6.73. The lowest BCUT2D eigenvalue weighted by atomic mass is 10.2. The van der Waals surface area contributed by atoms with Gasteiger partial charge in [-0.15, -0.1) is 11.3 Å². The fraction of sp³-hybridized carbons (Fsp3) is 0.250. The van der Waals surface area contributed by atoms with Gasteiger partial charge < -0.3 is 10.4 Å². The van der Waals surface area contributed by atoms with E-state index in [2.05, 4.69) is 29.2 Å². The van der Waals surface area contributed by atoms with E-state index in [1.165, 1.54) is 17.1 Å². The molecule has 7 nitrogen and oxygen atoms in total. The zero-order valence-electron chi connectivity index (χ0n) is 13.2. The average molecular weight is 344 g/mol. The van der Waals surface area contributed by atoms with Crippen molar-refractivity contribution in [3.63, 3.8) is 0 Å². The standard InChI is InChI=1S/C16H16N4O3S/c1-9(2)15-19-12-4-3-11(5-13(12)24-15)18-14(21)8-20-7-10(6-17-20)16(22)23/h3-7,9H,8H2,1-2H3,(H,18,21)(H,22,23). The fourth-order valence-electron chi connectivity index (χ4n) is 2.18. The van der Waals surface area contributed by atoms with Crippen LogP contribution < -0.4 is 5.32 Å². The van der Waals surface area contributed by atoms with E-state index in [0.29, 0.717) is 11.6 Å². The van der Waals surface area contributed by atoms with Crippen LogP contribution in [0.5, 0.6) is 0 Å². The normalized spacial score (nSPS) is 11.1. The number of anilines is 1. The first kappa shape index (κ1) is 16.1. The highest BCUT2D eigenvalue weighted by Gasteiger charge is 2.11. The summed E-state index contributed by atoms with van der Waals surface area (Å²) in [6, 6.07) is 5.57. The van der Waals surface area contributed by atoms with Gasteiger partial charge in [0.1, 0.15) is 6.54 Å². The van der Waals surface area contributed by atoms with Gasteiger partial charge in [-0.05, 0) is 18.2 Å². The molecule has 1 amide bonds. The number of carboxylic acid groups (broad SMARTS) is 1. The maximum absolute atomic E-state index is 12.1. The van der Waals surface area contributed by atoms with Gasteiger partial charge in [-0.25, -0.2) is 9.78 Å². The molecular weight excluding hydrogens is 328 g/mol. The number of rotatable bonds is 5. The van der Waals surface area contributed by atoms with Gasteiger partial charge in [0.05, 0.1) is 27.0 Å². The minimum Gasteiger partial charge on any atom is -0.478 e. The number of benzene rings is 1. The van der Waals surface area contributed by atoms with Gasteiger partial charge in [-0.3, -0.25) is 9.48 Å². The van der Waals surface area contributed by atoms with E-state index in [1.54, 1.807) is 17.4 Å². The van der Waals surface area contributed by atoms with Crippen molar-refractivity contribution in [2.24, 2.45) is 0 Å². The number of amides is 1. The highest BCUT2D eigenvalue weighted by Crippen LogP contribution is 2.29. The third kappa shape index (κ3) is 3.43. The number of aromatic carboxylic acids is 1.